The van der Waals surface area contributed by atoms with Crippen LogP contribution in [0, 0.1) is 11.8 Å². The van der Waals surface area contributed by atoms with Gasteiger partial charge < -0.3 is 15.7 Å². The average Bonchev–Trinajstić information content (AvgIpc) is 2.44. The molecule has 0 saturated heterocycles. The fourth-order valence-corrected chi connectivity index (χ4v) is 2.59. The number of urea groups is 1. The van der Waals surface area contributed by atoms with Crippen LogP contribution in [-0.2, 0) is 4.79 Å². The van der Waals surface area contributed by atoms with E-state index in [4.69, 9.17) is 5.11 Å². The van der Waals surface area contributed by atoms with Crippen LogP contribution in [0.4, 0.5) is 4.79 Å². The molecule has 1 unspecified atom stereocenters. The maximum Gasteiger partial charge on any atom is 0.314 e. The summed E-state index contributed by atoms with van der Waals surface area (Å²) in [5, 5.41) is 14.6. The third-order valence-corrected chi connectivity index (χ3v) is 3.73. The summed E-state index contributed by atoms with van der Waals surface area (Å²) in [6, 6.07) is -0.276. The smallest absolute Gasteiger partial charge is 0.314 e. The Morgan fingerprint density at radius 3 is 2.62 bits per heavy atom. The average molecular weight is 296 g/mol. The number of aliphatic carboxylic acids is 1. The summed E-state index contributed by atoms with van der Waals surface area (Å²) < 4.78 is 0. The predicted molar refractivity (Wildman–Crippen MR) is 83.2 cm³/mol. The molecule has 0 spiro atoms. The second-order valence-electron chi connectivity index (χ2n) is 6.16. The highest BCUT2D eigenvalue weighted by molar-refractivity contribution is 5.75. The van der Waals surface area contributed by atoms with Crippen LogP contribution in [-0.4, -0.2) is 30.2 Å². The van der Waals surface area contributed by atoms with Gasteiger partial charge in [0.1, 0.15) is 0 Å². The van der Waals surface area contributed by atoms with E-state index in [1.165, 1.54) is 18.4 Å². The van der Waals surface area contributed by atoms with Gasteiger partial charge in [-0.05, 0) is 44.4 Å². The lowest BCUT2D eigenvalue weighted by Gasteiger charge is -2.16. The maximum absolute atomic E-state index is 11.7. The van der Waals surface area contributed by atoms with Crippen LogP contribution in [0.1, 0.15) is 52.4 Å². The van der Waals surface area contributed by atoms with E-state index in [0.29, 0.717) is 18.9 Å². The number of amides is 2. The first kappa shape index (κ1) is 17.5. The lowest BCUT2D eigenvalue weighted by atomic mass is 9.97. The fraction of sp³-hybridized carbons (Fsp3) is 0.750. The predicted octanol–water partition coefficient (Wildman–Crippen LogP) is 2.92. The van der Waals surface area contributed by atoms with Crippen molar-refractivity contribution in [3.8, 4) is 0 Å². The zero-order valence-electron chi connectivity index (χ0n) is 13.2. The second-order valence-corrected chi connectivity index (χ2v) is 6.16. The van der Waals surface area contributed by atoms with Crippen molar-refractivity contribution in [3.63, 3.8) is 0 Å². The highest BCUT2D eigenvalue weighted by Crippen LogP contribution is 2.19. The molecule has 0 aromatic heterocycles. The van der Waals surface area contributed by atoms with Gasteiger partial charge in [-0.3, -0.25) is 4.79 Å². The number of allylic oxidation sites excluding steroid dienone is 1. The molecule has 0 saturated carbocycles. The van der Waals surface area contributed by atoms with Gasteiger partial charge >= 0.3 is 12.0 Å². The molecule has 5 heteroatoms. The monoisotopic (exact) mass is 296 g/mol. The highest BCUT2D eigenvalue weighted by Gasteiger charge is 2.19. The Bertz CT molecular complexity index is 378. The lowest BCUT2D eigenvalue weighted by molar-refractivity contribution is -0.142. The van der Waals surface area contributed by atoms with E-state index in [2.05, 4.69) is 16.7 Å². The largest absolute Gasteiger partial charge is 0.481 e. The number of carboxylic acid groups (broad SMARTS) is 1. The first-order chi connectivity index (χ1) is 9.99. The summed E-state index contributed by atoms with van der Waals surface area (Å²) in [6.07, 6.45) is 8.53. The molecule has 5 nitrogen and oxygen atoms in total. The molecule has 0 fully saturated rings. The van der Waals surface area contributed by atoms with Gasteiger partial charge in [-0.1, -0.05) is 25.5 Å². The first-order valence-corrected chi connectivity index (χ1v) is 7.91. The Balaban J connectivity index is 2.20. The van der Waals surface area contributed by atoms with E-state index in [9.17, 15) is 9.59 Å². The van der Waals surface area contributed by atoms with Crippen LogP contribution < -0.4 is 10.6 Å². The Morgan fingerprint density at radius 2 is 2.05 bits per heavy atom. The molecule has 0 aromatic carbocycles. The summed E-state index contributed by atoms with van der Waals surface area (Å²) in [5.74, 6) is -1.07. The SMILES string of the molecule is CC(C)CC(CNC(=O)NCCC1=CCCCC1)C(=O)O. The van der Waals surface area contributed by atoms with Gasteiger partial charge in [0.2, 0.25) is 0 Å². The van der Waals surface area contributed by atoms with Gasteiger partial charge in [-0.25, -0.2) is 4.79 Å². The van der Waals surface area contributed by atoms with Gasteiger partial charge in [0, 0.05) is 13.1 Å². The molecule has 0 bridgehead atoms. The third kappa shape index (κ3) is 7.73. The summed E-state index contributed by atoms with van der Waals surface area (Å²) in [4.78, 5) is 22.8. The normalized spacial score (nSPS) is 16.2. The Hall–Kier alpha value is -1.52. The Labute approximate surface area is 127 Å². The molecule has 1 aliphatic carbocycles. The van der Waals surface area contributed by atoms with Gasteiger partial charge in [0.05, 0.1) is 5.92 Å². The summed E-state index contributed by atoms with van der Waals surface area (Å²) >= 11 is 0. The van der Waals surface area contributed by atoms with Crippen LogP contribution in [0.15, 0.2) is 11.6 Å². The zero-order chi connectivity index (χ0) is 15.7. The molecular weight excluding hydrogens is 268 g/mol. The highest BCUT2D eigenvalue weighted by atomic mass is 16.4. The van der Waals surface area contributed by atoms with Crippen LogP contribution in [0.2, 0.25) is 0 Å². The van der Waals surface area contributed by atoms with Crippen molar-refractivity contribution in [3.05, 3.63) is 11.6 Å². The van der Waals surface area contributed by atoms with Crippen molar-refractivity contribution in [1.29, 1.82) is 0 Å². The standard InChI is InChI=1S/C16H28N2O3/c1-12(2)10-14(15(19)20)11-18-16(21)17-9-8-13-6-4-3-5-7-13/h6,12,14H,3-5,7-11H2,1-2H3,(H,19,20)(H2,17,18,21). The van der Waals surface area contributed by atoms with Crippen molar-refractivity contribution in [2.75, 3.05) is 13.1 Å². The van der Waals surface area contributed by atoms with Crippen molar-refractivity contribution in [2.24, 2.45) is 11.8 Å². The Morgan fingerprint density at radius 1 is 1.29 bits per heavy atom. The van der Waals surface area contributed by atoms with Gasteiger partial charge in [0.25, 0.3) is 0 Å². The van der Waals surface area contributed by atoms with E-state index in [-0.39, 0.29) is 12.6 Å². The van der Waals surface area contributed by atoms with E-state index in [0.717, 1.165) is 19.3 Å². The molecule has 1 aliphatic rings. The van der Waals surface area contributed by atoms with Crippen LogP contribution in [0.5, 0.6) is 0 Å². The number of rotatable bonds is 8. The summed E-state index contributed by atoms with van der Waals surface area (Å²) in [6.45, 7) is 4.75. The van der Waals surface area contributed by atoms with Crippen molar-refractivity contribution in [2.45, 2.75) is 52.4 Å². The lowest BCUT2D eigenvalue weighted by Crippen LogP contribution is -2.40. The maximum atomic E-state index is 11.7. The fourth-order valence-electron chi connectivity index (χ4n) is 2.59. The molecule has 1 rings (SSSR count). The minimum Gasteiger partial charge on any atom is -0.481 e. The van der Waals surface area contributed by atoms with Gasteiger partial charge in [-0.2, -0.15) is 0 Å². The number of hydrogen-bond acceptors (Lipinski definition) is 2. The topological polar surface area (TPSA) is 78.4 Å². The number of carbonyl (C=O) groups excluding carboxylic acids is 1. The minimum absolute atomic E-state index is 0.183. The van der Waals surface area contributed by atoms with E-state index < -0.39 is 11.9 Å². The molecular formula is C16H28N2O3. The molecule has 1 atom stereocenters. The molecule has 2 amide bonds. The number of nitrogens with one attached hydrogen (secondary N) is 2. The number of hydrogen-bond donors (Lipinski definition) is 3. The molecule has 0 aliphatic heterocycles. The van der Waals surface area contributed by atoms with Gasteiger partial charge in [0.15, 0.2) is 0 Å². The summed E-state index contributed by atoms with van der Waals surface area (Å²) in [7, 11) is 0. The minimum atomic E-state index is -0.851. The molecule has 0 radical (unpaired) electrons. The molecule has 0 aromatic rings. The van der Waals surface area contributed by atoms with Crippen molar-refractivity contribution in [1.82, 2.24) is 10.6 Å². The van der Waals surface area contributed by atoms with E-state index in [1.54, 1.807) is 0 Å². The van der Waals surface area contributed by atoms with E-state index in [1.807, 2.05) is 13.8 Å². The van der Waals surface area contributed by atoms with Crippen molar-refractivity contribution < 1.29 is 14.7 Å². The first-order valence-electron chi connectivity index (χ1n) is 7.91. The van der Waals surface area contributed by atoms with Crippen molar-refractivity contribution >= 4 is 12.0 Å². The van der Waals surface area contributed by atoms with Gasteiger partial charge in [-0.15, -0.1) is 0 Å². The second kappa shape index (κ2) is 9.42. The van der Waals surface area contributed by atoms with Crippen LogP contribution in [0.25, 0.3) is 0 Å². The zero-order valence-corrected chi connectivity index (χ0v) is 13.2. The van der Waals surface area contributed by atoms with Crippen LogP contribution in [0.3, 0.4) is 0 Å². The molecule has 120 valence electrons. The van der Waals surface area contributed by atoms with E-state index >= 15 is 0 Å². The quantitative estimate of drug-likeness (QED) is 0.603. The molecule has 21 heavy (non-hydrogen) atoms. The number of carboxylic acids is 1. The number of carbonyl (C=O) groups is 2. The van der Waals surface area contributed by atoms with Crippen LogP contribution >= 0.6 is 0 Å². The molecule has 3 N–H and O–H groups in total. The Kier molecular flexibility index (Phi) is 7.87. The third-order valence-electron chi connectivity index (χ3n) is 3.73. The summed E-state index contributed by atoms with van der Waals surface area (Å²) in [5.41, 5.74) is 1.42. The molecule has 0 heterocycles.